The van der Waals surface area contributed by atoms with Crippen molar-refractivity contribution in [1.29, 1.82) is 0 Å². The summed E-state index contributed by atoms with van der Waals surface area (Å²) in [6, 6.07) is 3.74. The maximum Gasteiger partial charge on any atom is 0.237 e. The van der Waals surface area contributed by atoms with Crippen LogP contribution in [-0.2, 0) is 11.3 Å². The second-order valence-electron chi connectivity index (χ2n) is 5.12. The predicted molar refractivity (Wildman–Crippen MR) is 83.9 cm³/mol. The van der Waals surface area contributed by atoms with E-state index in [4.69, 9.17) is 9.47 Å². The monoisotopic (exact) mass is 294 g/mol. The van der Waals surface area contributed by atoms with Gasteiger partial charge < -0.3 is 14.8 Å². The van der Waals surface area contributed by atoms with Gasteiger partial charge in [-0.25, -0.2) is 0 Å². The van der Waals surface area contributed by atoms with Crippen LogP contribution in [0.2, 0.25) is 0 Å². The molecule has 0 aromatic heterocycles. The Hall–Kier alpha value is -1.75. The van der Waals surface area contributed by atoms with Gasteiger partial charge in [-0.3, -0.25) is 9.69 Å². The van der Waals surface area contributed by atoms with Gasteiger partial charge in [0.2, 0.25) is 5.91 Å². The molecule has 0 heterocycles. The third kappa shape index (κ3) is 4.36. The molecule has 0 radical (unpaired) electrons. The minimum absolute atomic E-state index is 0.0399. The van der Waals surface area contributed by atoms with Gasteiger partial charge in [0.05, 0.1) is 20.3 Å². The van der Waals surface area contributed by atoms with Crippen molar-refractivity contribution >= 4 is 5.91 Å². The van der Waals surface area contributed by atoms with E-state index >= 15 is 0 Å². The van der Waals surface area contributed by atoms with Crippen molar-refractivity contribution < 1.29 is 14.3 Å². The van der Waals surface area contributed by atoms with Gasteiger partial charge in [-0.15, -0.1) is 0 Å². The summed E-state index contributed by atoms with van der Waals surface area (Å²) in [5.41, 5.74) is 2.23. The minimum Gasteiger partial charge on any atom is -0.493 e. The Morgan fingerprint density at radius 1 is 1.29 bits per heavy atom. The van der Waals surface area contributed by atoms with Gasteiger partial charge in [-0.1, -0.05) is 0 Å². The minimum atomic E-state index is -0.183. The Balaban J connectivity index is 2.89. The molecule has 1 rings (SSSR count). The van der Waals surface area contributed by atoms with Crippen LogP contribution >= 0.6 is 0 Å². The highest BCUT2D eigenvalue weighted by atomic mass is 16.5. The number of likely N-dealkylation sites (N-methyl/N-ethyl adjacent to an activating group) is 2. The summed E-state index contributed by atoms with van der Waals surface area (Å²) in [6.45, 7) is 7.17. The predicted octanol–water partition coefficient (Wildman–Crippen LogP) is 1.97. The summed E-state index contributed by atoms with van der Waals surface area (Å²) in [6.07, 6.45) is 0. The Morgan fingerprint density at radius 2 is 1.86 bits per heavy atom. The molecule has 1 N–H and O–H groups in total. The first-order valence-corrected chi connectivity index (χ1v) is 7.14. The van der Waals surface area contributed by atoms with E-state index in [2.05, 4.69) is 5.32 Å². The lowest BCUT2D eigenvalue weighted by Gasteiger charge is -2.25. The SMILES string of the molecule is CCNC(=O)[C@H](C)N(C)Cc1cc(OC)c(OC)cc1C. The Kier molecular flexibility index (Phi) is 6.49. The smallest absolute Gasteiger partial charge is 0.237 e. The molecule has 0 aliphatic rings. The molecule has 0 aliphatic heterocycles. The van der Waals surface area contributed by atoms with Gasteiger partial charge in [-0.2, -0.15) is 0 Å². The summed E-state index contributed by atoms with van der Waals surface area (Å²) in [4.78, 5) is 13.9. The maximum absolute atomic E-state index is 11.9. The zero-order valence-corrected chi connectivity index (χ0v) is 13.8. The standard InChI is InChI=1S/C16H26N2O3/c1-7-17-16(19)12(3)18(4)10-13-9-15(21-6)14(20-5)8-11(13)2/h8-9,12H,7,10H2,1-6H3,(H,17,19)/t12-/m0/s1. The molecule has 5 nitrogen and oxygen atoms in total. The van der Waals surface area contributed by atoms with E-state index < -0.39 is 0 Å². The quantitative estimate of drug-likeness (QED) is 0.835. The number of carbonyl (C=O) groups excluding carboxylic acids is 1. The number of nitrogens with zero attached hydrogens (tertiary/aromatic N) is 1. The fourth-order valence-corrected chi connectivity index (χ4v) is 2.12. The van der Waals surface area contributed by atoms with E-state index in [1.165, 1.54) is 0 Å². The number of nitrogens with one attached hydrogen (secondary N) is 1. The Morgan fingerprint density at radius 3 is 2.38 bits per heavy atom. The van der Waals surface area contributed by atoms with E-state index in [-0.39, 0.29) is 11.9 Å². The van der Waals surface area contributed by atoms with E-state index in [0.717, 1.165) is 16.9 Å². The van der Waals surface area contributed by atoms with Gasteiger partial charge in [-0.05, 0) is 51.1 Å². The van der Waals surface area contributed by atoms with Gasteiger partial charge in [0, 0.05) is 13.1 Å². The lowest BCUT2D eigenvalue weighted by molar-refractivity contribution is -0.125. The molecule has 0 spiro atoms. The average molecular weight is 294 g/mol. The van der Waals surface area contributed by atoms with Crippen molar-refractivity contribution in [3.63, 3.8) is 0 Å². The molecule has 0 unspecified atom stereocenters. The van der Waals surface area contributed by atoms with Crippen LogP contribution in [0.4, 0.5) is 0 Å². The van der Waals surface area contributed by atoms with Crippen LogP contribution in [0.3, 0.4) is 0 Å². The fourth-order valence-electron chi connectivity index (χ4n) is 2.12. The van der Waals surface area contributed by atoms with Crippen molar-refractivity contribution in [1.82, 2.24) is 10.2 Å². The summed E-state index contributed by atoms with van der Waals surface area (Å²) in [5, 5.41) is 2.84. The molecule has 0 saturated carbocycles. The van der Waals surface area contributed by atoms with Crippen LogP contribution in [0.15, 0.2) is 12.1 Å². The first-order chi connectivity index (χ1) is 9.94. The molecule has 0 bridgehead atoms. The second-order valence-corrected chi connectivity index (χ2v) is 5.12. The average Bonchev–Trinajstić information content (AvgIpc) is 2.48. The number of amides is 1. The highest BCUT2D eigenvalue weighted by Gasteiger charge is 2.18. The van der Waals surface area contributed by atoms with Gasteiger partial charge in [0.1, 0.15) is 0 Å². The maximum atomic E-state index is 11.9. The second kappa shape index (κ2) is 7.88. The van der Waals surface area contributed by atoms with E-state index in [1.807, 2.05) is 44.9 Å². The van der Waals surface area contributed by atoms with Crippen molar-refractivity contribution in [3.8, 4) is 11.5 Å². The highest BCUT2D eigenvalue weighted by molar-refractivity contribution is 5.81. The molecule has 1 aromatic carbocycles. The lowest BCUT2D eigenvalue weighted by Crippen LogP contribution is -2.42. The summed E-state index contributed by atoms with van der Waals surface area (Å²) in [7, 11) is 5.19. The zero-order chi connectivity index (χ0) is 16.0. The summed E-state index contributed by atoms with van der Waals surface area (Å²) in [5.74, 6) is 1.47. The molecular weight excluding hydrogens is 268 g/mol. The third-order valence-electron chi connectivity index (χ3n) is 3.65. The molecular formula is C16H26N2O3. The molecule has 1 atom stereocenters. The molecule has 1 aromatic rings. The number of benzene rings is 1. The number of hydrogen-bond acceptors (Lipinski definition) is 4. The number of rotatable bonds is 7. The topological polar surface area (TPSA) is 50.8 Å². The number of aryl methyl sites for hydroxylation is 1. The highest BCUT2D eigenvalue weighted by Crippen LogP contribution is 2.30. The Labute approximate surface area is 127 Å². The number of hydrogen-bond donors (Lipinski definition) is 1. The van der Waals surface area contributed by atoms with Crippen LogP contribution in [-0.4, -0.2) is 44.7 Å². The first-order valence-electron chi connectivity index (χ1n) is 7.14. The van der Waals surface area contributed by atoms with Crippen molar-refractivity contribution in [2.45, 2.75) is 33.4 Å². The largest absolute Gasteiger partial charge is 0.493 e. The van der Waals surface area contributed by atoms with Crippen molar-refractivity contribution in [2.24, 2.45) is 0 Å². The van der Waals surface area contributed by atoms with Gasteiger partial charge >= 0.3 is 0 Å². The Bertz CT molecular complexity index is 489. The summed E-state index contributed by atoms with van der Waals surface area (Å²) < 4.78 is 10.6. The van der Waals surface area contributed by atoms with Crippen LogP contribution in [0.5, 0.6) is 11.5 Å². The third-order valence-corrected chi connectivity index (χ3v) is 3.65. The van der Waals surface area contributed by atoms with Crippen LogP contribution in [0.1, 0.15) is 25.0 Å². The number of ether oxygens (including phenoxy) is 2. The van der Waals surface area contributed by atoms with Crippen LogP contribution in [0.25, 0.3) is 0 Å². The molecule has 118 valence electrons. The molecule has 0 fully saturated rings. The molecule has 21 heavy (non-hydrogen) atoms. The van der Waals surface area contributed by atoms with Crippen LogP contribution < -0.4 is 14.8 Å². The lowest BCUT2D eigenvalue weighted by atomic mass is 10.1. The summed E-state index contributed by atoms with van der Waals surface area (Å²) >= 11 is 0. The van der Waals surface area contributed by atoms with E-state index in [9.17, 15) is 4.79 Å². The van der Waals surface area contributed by atoms with Crippen molar-refractivity contribution in [3.05, 3.63) is 23.3 Å². The number of carbonyl (C=O) groups is 1. The normalized spacial score (nSPS) is 12.1. The van der Waals surface area contributed by atoms with Gasteiger partial charge in [0.15, 0.2) is 11.5 Å². The zero-order valence-electron chi connectivity index (χ0n) is 13.8. The fraction of sp³-hybridized carbons (Fsp3) is 0.562. The van der Waals surface area contributed by atoms with Crippen LogP contribution in [0, 0.1) is 6.92 Å². The molecule has 0 aliphatic carbocycles. The molecule has 5 heteroatoms. The van der Waals surface area contributed by atoms with Crippen molar-refractivity contribution in [2.75, 3.05) is 27.8 Å². The van der Waals surface area contributed by atoms with E-state index in [1.54, 1.807) is 14.2 Å². The molecule has 0 saturated heterocycles. The molecule has 1 amide bonds. The first kappa shape index (κ1) is 17.3. The van der Waals surface area contributed by atoms with E-state index in [0.29, 0.717) is 18.8 Å². The number of methoxy groups -OCH3 is 2. The van der Waals surface area contributed by atoms with Gasteiger partial charge in [0.25, 0.3) is 0 Å².